The van der Waals surface area contributed by atoms with Gasteiger partial charge in [-0.2, -0.15) is 5.26 Å². The molecule has 1 aliphatic heterocycles. The van der Waals surface area contributed by atoms with Crippen LogP contribution >= 0.6 is 0 Å². The fourth-order valence-electron chi connectivity index (χ4n) is 3.24. The first-order valence-corrected chi connectivity index (χ1v) is 9.42. The molecule has 0 aliphatic carbocycles. The van der Waals surface area contributed by atoms with Crippen LogP contribution in [0.3, 0.4) is 0 Å². The Morgan fingerprint density at radius 1 is 1.38 bits per heavy atom. The molecular weight excluding hydrogens is 368 g/mol. The summed E-state index contributed by atoms with van der Waals surface area (Å²) in [4.78, 5) is 34.6. The van der Waals surface area contributed by atoms with Crippen LogP contribution in [0.4, 0.5) is 5.82 Å². The second-order valence-corrected chi connectivity index (χ2v) is 7.00. The van der Waals surface area contributed by atoms with Gasteiger partial charge >= 0.3 is 0 Å². The molecule has 1 amide bonds. The van der Waals surface area contributed by atoms with Crippen molar-refractivity contribution in [2.75, 3.05) is 44.7 Å². The van der Waals surface area contributed by atoms with E-state index >= 15 is 0 Å². The summed E-state index contributed by atoms with van der Waals surface area (Å²) in [7, 11) is 2.04. The van der Waals surface area contributed by atoms with Gasteiger partial charge in [0.15, 0.2) is 0 Å². The van der Waals surface area contributed by atoms with E-state index in [0.29, 0.717) is 24.6 Å². The van der Waals surface area contributed by atoms with Crippen molar-refractivity contribution in [3.8, 4) is 6.07 Å². The molecule has 0 radical (unpaired) electrons. The quantitative estimate of drug-likeness (QED) is 0.463. The van der Waals surface area contributed by atoms with E-state index in [4.69, 9.17) is 4.98 Å². The molecule has 1 fully saturated rings. The molecule has 3 heterocycles. The Bertz CT molecular complexity index is 1070. The molecule has 0 spiro atoms. The van der Waals surface area contributed by atoms with Gasteiger partial charge in [0, 0.05) is 38.9 Å². The summed E-state index contributed by atoms with van der Waals surface area (Å²) in [5, 5.41) is 12.1. The Morgan fingerprint density at radius 3 is 2.76 bits per heavy atom. The molecular formula is C21H24N6O2. The number of anilines is 1. The fraction of sp³-hybridized carbons (Fsp3) is 0.333. The Balaban J connectivity index is 2.19. The lowest BCUT2D eigenvalue weighted by Crippen LogP contribution is -2.45. The number of pyridine rings is 1. The van der Waals surface area contributed by atoms with Gasteiger partial charge in [-0.15, -0.1) is 6.58 Å². The van der Waals surface area contributed by atoms with Crippen LogP contribution in [0, 0.1) is 18.3 Å². The van der Waals surface area contributed by atoms with Crippen molar-refractivity contribution in [1.29, 1.82) is 5.26 Å². The minimum absolute atomic E-state index is 0.145. The molecule has 0 bridgehead atoms. The summed E-state index contributed by atoms with van der Waals surface area (Å²) < 4.78 is 1.46. The van der Waals surface area contributed by atoms with Crippen molar-refractivity contribution < 1.29 is 4.79 Å². The number of nitrogens with one attached hydrogen (secondary N) is 1. The molecule has 0 saturated carbocycles. The third kappa shape index (κ3) is 4.20. The standard InChI is InChI=1S/C21H24N6O2/c1-4-7-23-20(28)16(14-22)13-17-19(26-11-9-25(3)10-12-26)24-18-15(2)6-5-8-27(18)21(17)29/h4-6,8,13H,1,7,9-12H2,2-3H3,(H,23,28). The largest absolute Gasteiger partial charge is 0.353 e. The maximum absolute atomic E-state index is 13.3. The summed E-state index contributed by atoms with van der Waals surface area (Å²) in [6, 6.07) is 5.57. The minimum Gasteiger partial charge on any atom is -0.353 e. The Labute approximate surface area is 169 Å². The average molecular weight is 392 g/mol. The zero-order valence-electron chi connectivity index (χ0n) is 16.7. The molecule has 1 saturated heterocycles. The van der Waals surface area contributed by atoms with Crippen molar-refractivity contribution >= 4 is 23.4 Å². The van der Waals surface area contributed by atoms with Gasteiger partial charge in [0.2, 0.25) is 0 Å². The Hall–Kier alpha value is -3.44. The lowest BCUT2D eigenvalue weighted by Gasteiger charge is -2.34. The zero-order valence-corrected chi connectivity index (χ0v) is 16.7. The summed E-state index contributed by atoms with van der Waals surface area (Å²) in [6.45, 7) is 8.76. The molecule has 0 aromatic carbocycles. The molecule has 1 aliphatic rings. The smallest absolute Gasteiger partial charge is 0.267 e. The third-order valence-electron chi connectivity index (χ3n) is 4.93. The average Bonchev–Trinajstić information content (AvgIpc) is 2.72. The van der Waals surface area contributed by atoms with Crippen LogP contribution in [0.25, 0.3) is 11.7 Å². The zero-order chi connectivity index (χ0) is 21.0. The lowest BCUT2D eigenvalue weighted by atomic mass is 10.1. The van der Waals surface area contributed by atoms with Crippen LogP contribution in [-0.4, -0.2) is 60.0 Å². The van der Waals surface area contributed by atoms with Gasteiger partial charge in [0.05, 0.1) is 5.56 Å². The number of aromatic nitrogens is 2. The van der Waals surface area contributed by atoms with Crippen molar-refractivity contribution in [2.45, 2.75) is 6.92 Å². The van der Waals surface area contributed by atoms with Gasteiger partial charge < -0.3 is 15.1 Å². The minimum atomic E-state index is -0.550. The van der Waals surface area contributed by atoms with Gasteiger partial charge in [-0.3, -0.25) is 14.0 Å². The summed E-state index contributed by atoms with van der Waals surface area (Å²) >= 11 is 0. The molecule has 8 heteroatoms. The van der Waals surface area contributed by atoms with Gasteiger partial charge in [-0.25, -0.2) is 4.98 Å². The fourth-order valence-corrected chi connectivity index (χ4v) is 3.24. The van der Waals surface area contributed by atoms with Gasteiger partial charge in [-0.1, -0.05) is 12.1 Å². The monoisotopic (exact) mass is 392 g/mol. The number of fused-ring (bicyclic) bond motifs is 1. The van der Waals surface area contributed by atoms with E-state index in [1.165, 1.54) is 16.6 Å². The molecule has 3 rings (SSSR count). The van der Waals surface area contributed by atoms with Crippen molar-refractivity contribution in [1.82, 2.24) is 19.6 Å². The molecule has 8 nitrogen and oxygen atoms in total. The molecule has 0 unspecified atom stereocenters. The highest BCUT2D eigenvalue weighted by molar-refractivity contribution is 6.02. The lowest BCUT2D eigenvalue weighted by molar-refractivity contribution is -0.116. The summed E-state index contributed by atoms with van der Waals surface area (Å²) in [6.07, 6.45) is 4.51. The van der Waals surface area contributed by atoms with E-state index in [-0.39, 0.29) is 23.2 Å². The summed E-state index contributed by atoms with van der Waals surface area (Å²) in [5.41, 5.74) is 1.23. The van der Waals surface area contributed by atoms with Crippen molar-refractivity contribution in [2.24, 2.45) is 0 Å². The second kappa shape index (κ2) is 8.71. The first-order chi connectivity index (χ1) is 14.0. The third-order valence-corrected chi connectivity index (χ3v) is 4.93. The summed E-state index contributed by atoms with van der Waals surface area (Å²) in [5.74, 6) is -0.0489. The van der Waals surface area contributed by atoms with Crippen LogP contribution in [-0.2, 0) is 4.79 Å². The van der Waals surface area contributed by atoms with E-state index in [1.54, 1.807) is 12.3 Å². The van der Waals surface area contributed by atoms with E-state index in [0.717, 1.165) is 18.7 Å². The highest BCUT2D eigenvalue weighted by Gasteiger charge is 2.22. The number of likely N-dealkylation sites (N-methyl/N-ethyl adjacent to an activating group) is 1. The number of nitriles is 1. The van der Waals surface area contributed by atoms with E-state index in [1.807, 2.05) is 31.0 Å². The Kier molecular flexibility index (Phi) is 6.10. The highest BCUT2D eigenvalue weighted by atomic mass is 16.1. The van der Waals surface area contributed by atoms with Crippen molar-refractivity contribution in [3.05, 3.63) is 58.0 Å². The van der Waals surface area contributed by atoms with Crippen LogP contribution in [0.5, 0.6) is 0 Å². The molecule has 29 heavy (non-hydrogen) atoms. The SMILES string of the molecule is C=CCNC(=O)C(C#N)=Cc1c(N2CCN(C)CC2)nc2c(C)cccn2c1=O. The number of aryl methyl sites for hydroxylation is 1. The van der Waals surface area contributed by atoms with E-state index in [2.05, 4.69) is 16.8 Å². The molecule has 2 aromatic rings. The maximum atomic E-state index is 13.3. The van der Waals surface area contributed by atoms with E-state index in [9.17, 15) is 14.9 Å². The number of hydrogen-bond acceptors (Lipinski definition) is 6. The first-order valence-electron chi connectivity index (χ1n) is 9.42. The Morgan fingerprint density at radius 2 is 2.10 bits per heavy atom. The maximum Gasteiger partial charge on any atom is 0.267 e. The molecule has 2 aromatic heterocycles. The van der Waals surface area contributed by atoms with Crippen LogP contribution in [0.2, 0.25) is 0 Å². The molecule has 150 valence electrons. The molecule has 1 N–H and O–H groups in total. The number of rotatable bonds is 5. The van der Waals surface area contributed by atoms with E-state index < -0.39 is 5.91 Å². The van der Waals surface area contributed by atoms with Crippen molar-refractivity contribution in [3.63, 3.8) is 0 Å². The highest BCUT2D eigenvalue weighted by Crippen LogP contribution is 2.21. The number of amides is 1. The van der Waals surface area contributed by atoms with Gasteiger partial charge in [-0.05, 0) is 31.7 Å². The predicted molar refractivity (Wildman–Crippen MR) is 113 cm³/mol. The van der Waals surface area contributed by atoms with Gasteiger partial charge in [0.25, 0.3) is 11.5 Å². The molecule has 0 atom stereocenters. The number of nitrogens with zero attached hydrogens (tertiary/aromatic N) is 5. The van der Waals surface area contributed by atoms with Crippen LogP contribution in [0.1, 0.15) is 11.1 Å². The van der Waals surface area contributed by atoms with Crippen LogP contribution in [0.15, 0.2) is 41.4 Å². The first kappa shape index (κ1) is 20.3. The number of hydrogen-bond donors (Lipinski definition) is 1. The van der Waals surface area contributed by atoms with Crippen LogP contribution < -0.4 is 15.8 Å². The topological polar surface area (TPSA) is 93.7 Å². The second-order valence-electron chi connectivity index (χ2n) is 7.00. The van der Waals surface area contributed by atoms with Gasteiger partial charge in [0.1, 0.15) is 23.1 Å². The number of carbonyl (C=O) groups is 1. The predicted octanol–water partition coefficient (Wildman–Crippen LogP) is 0.964. The normalized spacial score (nSPS) is 15.2. The number of piperazine rings is 1. The number of carbonyl (C=O) groups excluding carboxylic acids is 1.